The van der Waals surface area contributed by atoms with Gasteiger partial charge < -0.3 is 20.5 Å². The fourth-order valence-electron chi connectivity index (χ4n) is 5.99. The summed E-state index contributed by atoms with van der Waals surface area (Å²) in [7, 11) is -7.94. The first-order chi connectivity index (χ1) is 28.4. The largest absolute Gasteiger partial charge is 0.377 e. The van der Waals surface area contributed by atoms with Crippen LogP contribution in [0, 0.1) is 19.8 Å². The number of hydrogen-bond acceptors (Lipinski definition) is 12. The van der Waals surface area contributed by atoms with E-state index in [4.69, 9.17) is 15.2 Å². The molecule has 14 nitrogen and oxygen atoms in total. The summed E-state index contributed by atoms with van der Waals surface area (Å²) in [6.07, 6.45) is 1.54. The predicted octanol–water partition coefficient (Wildman–Crippen LogP) is 6.84. The van der Waals surface area contributed by atoms with Gasteiger partial charge in [0.05, 0.1) is 24.6 Å². The Bertz CT molecular complexity index is 2610. The first-order valence-corrected chi connectivity index (χ1v) is 21.8. The molecule has 308 valence electrons. The van der Waals surface area contributed by atoms with Gasteiger partial charge in [0.1, 0.15) is 17.5 Å². The molecule has 0 unspecified atom stereocenters. The third kappa shape index (κ3) is 11.4. The Balaban J connectivity index is 0.000000198. The van der Waals surface area contributed by atoms with E-state index in [0.29, 0.717) is 51.0 Å². The van der Waals surface area contributed by atoms with Crippen LogP contribution >= 0.6 is 0 Å². The Morgan fingerprint density at radius 1 is 0.814 bits per heavy atom. The molecule has 5 N–H and O–H groups in total. The Kier molecular flexibility index (Phi) is 14.3. The highest BCUT2D eigenvalue weighted by Gasteiger charge is 2.20. The van der Waals surface area contributed by atoms with Crippen LogP contribution in [0.2, 0.25) is 0 Å². The van der Waals surface area contributed by atoms with Gasteiger partial charge in [-0.05, 0) is 91.9 Å². The standard InChI is InChI=1S/C21H23FN4O3S.C21H22N4O3S/c1-15-10-11-19(26-30(27,28)20-9-4-8-18(22)24-20)25-21(15)17-7-3-2-6-16(17)14-29-13-5-12-23;1-15-10-11-19-24-21(15)17-7-3-2-6-16(17)14-28-13-5-12-22-18-8-4-9-20(23-18)29(26,27)25-19/h2-4,6-11H,5,12-14,23H2,1H3,(H,25,26);2-4,6-11H,5,12-14H2,1H3,(H,22,23)(H,24,25). The van der Waals surface area contributed by atoms with Crippen molar-refractivity contribution in [2.75, 3.05) is 41.1 Å². The second kappa shape index (κ2) is 19.7. The number of pyridine rings is 4. The Morgan fingerprint density at radius 3 is 2.34 bits per heavy atom. The molecule has 6 aromatic rings. The lowest BCUT2D eigenvalue weighted by Gasteiger charge is -2.15. The maximum Gasteiger partial charge on any atom is 0.280 e. The van der Waals surface area contributed by atoms with Crippen LogP contribution in [-0.4, -0.2) is 63.1 Å². The third-order valence-electron chi connectivity index (χ3n) is 8.96. The lowest BCUT2D eigenvalue weighted by atomic mass is 10.0. The van der Waals surface area contributed by atoms with Crippen LogP contribution in [0.5, 0.6) is 0 Å². The molecule has 0 fully saturated rings. The first-order valence-electron chi connectivity index (χ1n) is 18.8. The van der Waals surface area contributed by atoms with Crippen molar-refractivity contribution in [1.29, 1.82) is 0 Å². The number of aryl methyl sites for hydroxylation is 2. The molecule has 4 aromatic heterocycles. The van der Waals surface area contributed by atoms with E-state index in [1.165, 1.54) is 18.2 Å². The van der Waals surface area contributed by atoms with E-state index in [0.717, 1.165) is 58.0 Å². The number of nitrogens with two attached hydrogens (primary N) is 1. The Morgan fingerprint density at radius 2 is 1.54 bits per heavy atom. The number of nitrogens with zero attached hydrogens (tertiary/aromatic N) is 4. The molecule has 5 heterocycles. The summed E-state index contributed by atoms with van der Waals surface area (Å²) >= 11 is 0. The molecule has 0 saturated carbocycles. The maximum atomic E-state index is 13.3. The molecule has 2 aromatic carbocycles. The predicted molar refractivity (Wildman–Crippen MR) is 225 cm³/mol. The minimum absolute atomic E-state index is 0.0600. The lowest BCUT2D eigenvalue weighted by molar-refractivity contribution is 0.120. The van der Waals surface area contributed by atoms with Gasteiger partial charge in [0, 0.05) is 30.9 Å². The van der Waals surface area contributed by atoms with Crippen LogP contribution in [0.1, 0.15) is 35.1 Å². The van der Waals surface area contributed by atoms with Crippen molar-refractivity contribution in [3.05, 3.63) is 137 Å². The van der Waals surface area contributed by atoms with E-state index in [-0.39, 0.29) is 16.7 Å². The first kappa shape index (κ1) is 42.7. The van der Waals surface area contributed by atoms with Crippen molar-refractivity contribution < 1.29 is 30.7 Å². The Labute approximate surface area is 343 Å². The van der Waals surface area contributed by atoms with Crippen molar-refractivity contribution >= 4 is 37.5 Å². The van der Waals surface area contributed by atoms with E-state index in [1.807, 2.05) is 68.4 Å². The number of benzene rings is 2. The third-order valence-corrected chi connectivity index (χ3v) is 11.5. The van der Waals surface area contributed by atoms with Gasteiger partial charge in [-0.3, -0.25) is 9.44 Å². The van der Waals surface area contributed by atoms with Gasteiger partial charge in [0.25, 0.3) is 20.0 Å². The van der Waals surface area contributed by atoms with Crippen molar-refractivity contribution in [2.45, 2.75) is 50.0 Å². The van der Waals surface area contributed by atoms with Crippen molar-refractivity contribution in [1.82, 2.24) is 19.9 Å². The summed E-state index contributed by atoms with van der Waals surface area (Å²) in [5.41, 5.74) is 12.4. The number of hydrogen-bond donors (Lipinski definition) is 4. The highest BCUT2D eigenvalue weighted by atomic mass is 32.2. The van der Waals surface area contributed by atoms with Gasteiger partial charge in [-0.15, -0.1) is 0 Å². The molecule has 0 saturated heterocycles. The number of fused-ring (bicyclic) bond motifs is 6. The van der Waals surface area contributed by atoms with Crippen molar-refractivity contribution in [2.24, 2.45) is 5.73 Å². The smallest absolute Gasteiger partial charge is 0.280 e. The van der Waals surface area contributed by atoms with Crippen LogP contribution in [0.15, 0.2) is 119 Å². The minimum Gasteiger partial charge on any atom is -0.377 e. The van der Waals surface area contributed by atoms with Crippen LogP contribution < -0.4 is 20.5 Å². The van der Waals surface area contributed by atoms with Crippen LogP contribution in [0.4, 0.5) is 21.8 Å². The second-order valence-corrected chi connectivity index (χ2v) is 16.7. The summed E-state index contributed by atoms with van der Waals surface area (Å²) in [5, 5.41) is 2.66. The highest BCUT2D eigenvalue weighted by Crippen LogP contribution is 2.29. The summed E-state index contributed by atoms with van der Waals surface area (Å²) < 4.78 is 80.5. The van der Waals surface area contributed by atoms with E-state index in [1.54, 1.807) is 30.3 Å². The average molecular weight is 841 g/mol. The molecule has 0 spiro atoms. The Hall–Kier alpha value is -5.85. The lowest BCUT2D eigenvalue weighted by Crippen LogP contribution is -2.17. The molecular formula is C42H45FN8O6S2. The van der Waals surface area contributed by atoms with Crippen LogP contribution in [-0.2, 0) is 42.7 Å². The molecule has 0 aliphatic carbocycles. The molecule has 59 heavy (non-hydrogen) atoms. The zero-order chi connectivity index (χ0) is 41.8. The molecule has 1 aliphatic heterocycles. The molecule has 17 heteroatoms. The SMILES string of the molecule is Cc1ccc(NS(=O)(=O)c2cccc(F)n2)nc1-c1ccccc1COCCCN.Cc1ccc2nc1-c1ccccc1COCCCNc1cccc(n1)S(=O)(=O)N2. The number of sulfonamides is 2. The molecular weight excluding hydrogens is 796 g/mol. The molecule has 0 atom stereocenters. The molecule has 1 aliphatic rings. The zero-order valence-electron chi connectivity index (χ0n) is 32.6. The number of rotatable bonds is 9. The number of anilines is 3. The average Bonchev–Trinajstić information content (AvgIpc) is 3.22. The zero-order valence-corrected chi connectivity index (χ0v) is 34.2. The quantitative estimate of drug-likeness (QED) is 0.0874. The highest BCUT2D eigenvalue weighted by molar-refractivity contribution is 7.92. The van der Waals surface area contributed by atoms with E-state index in [9.17, 15) is 21.2 Å². The summed E-state index contributed by atoms with van der Waals surface area (Å²) in [6.45, 7) is 7.01. The monoisotopic (exact) mass is 840 g/mol. The van der Waals surface area contributed by atoms with E-state index < -0.39 is 31.0 Å². The maximum absolute atomic E-state index is 13.3. The second-order valence-electron chi connectivity index (χ2n) is 13.4. The molecule has 0 amide bonds. The van der Waals surface area contributed by atoms with Crippen LogP contribution in [0.3, 0.4) is 0 Å². The topological polar surface area (TPSA) is 200 Å². The number of halogens is 1. The fraction of sp³-hybridized carbons (Fsp3) is 0.238. The van der Waals surface area contributed by atoms with E-state index in [2.05, 4.69) is 34.7 Å². The molecule has 0 radical (unpaired) electrons. The van der Waals surface area contributed by atoms with Crippen molar-refractivity contribution in [3.8, 4) is 22.5 Å². The van der Waals surface area contributed by atoms with Crippen LogP contribution in [0.25, 0.3) is 22.5 Å². The minimum atomic E-state index is -4.08. The normalized spacial score (nSPS) is 13.8. The summed E-state index contributed by atoms with van der Waals surface area (Å²) in [4.78, 5) is 16.7. The van der Waals surface area contributed by atoms with E-state index >= 15 is 0 Å². The van der Waals surface area contributed by atoms with Gasteiger partial charge in [0.2, 0.25) is 5.95 Å². The van der Waals surface area contributed by atoms with Gasteiger partial charge >= 0.3 is 0 Å². The van der Waals surface area contributed by atoms with Gasteiger partial charge in [-0.2, -0.15) is 21.2 Å². The summed E-state index contributed by atoms with van der Waals surface area (Å²) in [6, 6.07) is 30.8. The summed E-state index contributed by atoms with van der Waals surface area (Å²) in [5.74, 6) is -0.0176. The van der Waals surface area contributed by atoms with Gasteiger partial charge in [-0.1, -0.05) is 72.8 Å². The van der Waals surface area contributed by atoms with Gasteiger partial charge in [-0.25, -0.2) is 19.9 Å². The van der Waals surface area contributed by atoms with Crippen molar-refractivity contribution in [3.63, 3.8) is 0 Å². The fourth-order valence-corrected chi connectivity index (χ4v) is 7.92. The number of ether oxygens (including phenoxy) is 2. The molecule has 4 bridgehead atoms. The number of nitrogens with one attached hydrogen (secondary N) is 3. The molecule has 7 rings (SSSR count). The van der Waals surface area contributed by atoms with Gasteiger partial charge in [0.15, 0.2) is 10.1 Å². The number of aromatic nitrogens is 4.